The maximum absolute atomic E-state index is 11.2. The van der Waals surface area contributed by atoms with Gasteiger partial charge >= 0.3 is 11.9 Å². The minimum atomic E-state index is -0.531. The van der Waals surface area contributed by atoms with Crippen molar-refractivity contribution in [1.29, 1.82) is 0 Å². The van der Waals surface area contributed by atoms with E-state index in [1.165, 1.54) is 14.0 Å². The first-order valence-electron chi connectivity index (χ1n) is 5.04. The molecular formula is C11H18O5. The maximum Gasteiger partial charge on any atom is 0.333 e. The van der Waals surface area contributed by atoms with E-state index in [-0.39, 0.29) is 5.57 Å². The van der Waals surface area contributed by atoms with Crippen molar-refractivity contribution in [1.82, 2.24) is 0 Å². The van der Waals surface area contributed by atoms with Gasteiger partial charge in [-0.15, -0.1) is 0 Å². The zero-order valence-electron chi connectivity index (χ0n) is 9.95. The second kappa shape index (κ2) is 8.91. The van der Waals surface area contributed by atoms with Crippen molar-refractivity contribution in [2.75, 3.05) is 27.4 Å². The first kappa shape index (κ1) is 14.6. The molecule has 0 heterocycles. The van der Waals surface area contributed by atoms with Gasteiger partial charge in [0.1, 0.15) is 0 Å². The molecule has 0 aromatic carbocycles. The summed E-state index contributed by atoms with van der Waals surface area (Å²) in [5.41, 5.74) is 0.226. The Morgan fingerprint density at radius 2 is 1.75 bits per heavy atom. The second-order valence-corrected chi connectivity index (χ2v) is 3.19. The summed E-state index contributed by atoms with van der Waals surface area (Å²) in [5, 5.41) is 0. The van der Waals surface area contributed by atoms with E-state index in [4.69, 9.17) is 9.47 Å². The third-order valence-corrected chi connectivity index (χ3v) is 1.83. The Labute approximate surface area is 95.4 Å². The zero-order valence-corrected chi connectivity index (χ0v) is 9.95. The average Bonchev–Trinajstić information content (AvgIpc) is 2.27. The quantitative estimate of drug-likeness (QED) is 0.372. The Kier molecular flexibility index (Phi) is 8.15. The van der Waals surface area contributed by atoms with Gasteiger partial charge < -0.3 is 14.2 Å². The fourth-order valence-corrected chi connectivity index (χ4v) is 0.960. The van der Waals surface area contributed by atoms with Gasteiger partial charge in [0.2, 0.25) is 0 Å². The van der Waals surface area contributed by atoms with Crippen LogP contribution in [-0.4, -0.2) is 39.4 Å². The minimum Gasteiger partial charge on any atom is -0.466 e. The molecule has 0 radical (unpaired) electrons. The van der Waals surface area contributed by atoms with Crippen LogP contribution in [0, 0.1) is 0 Å². The Bertz CT molecular complexity index is 257. The van der Waals surface area contributed by atoms with E-state index in [1.807, 2.05) is 0 Å². The summed E-state index contributed by atoms with van der Waals surface area (Å²) in [6, 6.07) is 0. The van der Waals surface area contributed by atoms with Crippen LogP contribution in [0.15, 0.2) is 11.6 Å². The van der Waals surface area contributed by atoms with Crippen LogP contribution in [0.25, 0.3) is 0 Å². The Morgan fingerprint density at radius 3 is 2.31 bits per heavy atom. The van der Waals surface area contributed by atoms with Crippen LogP contribution in [0.2, 0.25) is 0 Å². The van der Waals surface area contributed by atoms with Crippen molar-refractivity contribution in [3.8, 4) is 0 Å². The predicted molar refractivity (Wildman–Crippen MR) is 57.8 cm³/mol. The van der Waals surface area contributed by atoms with Gasteiger partial charge in [0.15, 0.2) is 0 Å². The summed E-state index contributed by atoms with van der Waals surface area (Å²) in [5.74, 6) is -1.06. The SMILES string of the molecule is COCCCCOC(=O)C=C(C)C(=O)OC. The van der Waals surface area contributed by atoms with Gasteiger partial charge in [0.05, 0.1) is 13.7 Å². The highest BCUT2D eigenvalue weighted by Gasteiger charge is 2.06. The van der Waals surface area contributed by atoms with Gasteiger partial charge in [-0.3, -0.25) is 0 Å². The first-order valence-corrected chi connectivity index (χ1v) is 5.04. The fraction of sp³-hybridized carbons (Fsp3) is 0.636. The molecule has 0 aliphatic heterocycles. The molecule has 5 heteroatoms. The summed E-state index contributed by atoms with van der Waals surface area (Å²) in [6.45, 7) is 2.47. The highest BCUT2D eigenvalue weighted by Crippen LogP contribution is 1.98. The third kappa shape index (κ3) is 7.00. The Morgan fingerprint density at radius 1 is 1.12 bits per heavy atom. The largest absolute Gasteiger partial charge is 0.466 e. The summed E-state index contributed by atoms with van der Waals surface area (Å²) in [4.78, 5) is 22.1. The Balaban J connectivity index is 3.77. The Hall–Kier alpha value is -1.36. The van der Waals surface area contributed by atoms with Crippen LogP contribution in [0.3, 0.4) is 0 Å². The summed E-state index contributed by atoms with van der Waals surface area (Å²) in [7, 11) is 2.88. The van der Waals surface area contributed by atoms with Crippen molar-refractivity contribution in [2.45, 2.75) is 19.8 Å². The summed E-state index contributed by atoms with van der Waals surface area (Å²) in [6.07, 6.45) is 2.70. The second-order valence-electron chi connectivity index (χ2n) is 3.19. The van der Waals surface area contributed by atoms with Crippen LogP contribution in [0.1, 0.15) is 19.8 Å². The topological polar surface area (TPSA) is 61.8 Å². The zero-order chi connectivity index (χ0) is 12.4. The molecule has 0 aromatic rings. The number of esters is 2. The average molecular weight is 230 g/mol. The van der Waals surface area contributed by atoms with Crippen LogP contribution >= 0.6 is 0 Å². The van der Waals surface area contributed by atoms with E-state index in [0.29, 0.717) is 13.2 Å². The molecule has 0 aromatic heterocycles. The molecule has 0 spiro atoms. The molecule has 0 aliphatic rings. The molecule has 92 valence electrons. The monoisotopic (exact) mass is 230 g/mol. The maximum atomic E-state index is 11.2. The lowest BCUT2D eigenvalue weighted by molar-refractivity contribution is -0.140. The van der Waals surface area contributed by atoms with E-state index in [1.54, 1.807) is 7.11 Å². The molecule has 16 heavy (non-hydrogen) atoms. The van der Waals surface area contributed by atoms with Crippen molar-refractivity contribution >= 4 is 11.9 Å². The lowest BCUT2D eigenvalue weighted by Crippen LogP contribution is -2.08. The lowest BCUT2D eigenvalue weighted by atomic mass is 10.3. The molecule has 0 unspecified atom stereocenters. The van der Waals surface area contributed by atoms with Crippen LogP contribution in [0.5, 0.6) is 0 Å². The predicted octanol–water partition coefficient (Wildman–Crippen LogP) is 1.08. The minimum absolute atomic E-state index is 0.226. The van der Waals surface area contributed by atoms with Crippen molar-refractivity contribution in [2.24, 2.45) is 0 Å². The standard InChI is InChI=1S/C11H18O5/c1-9(11(13)15-3)8-10(12)16-7-5-4-6-14-2/h8H,4-7H2,1-3H3. The lowest BCUT2D eigenvalue weighted by Gasteiger charge is -2.02. The van der Waals surface area contributed by atoms with Crippen molar-refractivity contribution < 1.29 is 23.8 Å². The van der Waals surface area contributed by atoms with E-state index in [2.05, 4.69) is 4.74 Å². The summed E-state index contributed by atoms with van der Waals surface area (Å²) >= 11 is 0. The molecule has 5 nitrogen and oxygen atoms in total. The van der Waals surface area contributed by atoms with E-state index in [9.17, 15) is 9.59 Å². The molecule has 0 saturated carbocycles. The van der Waals surface area contributed by atoms with Crippen LogP contribution < -0.4 is 0 Å². The first-order chi connectivity index (χ1) is 7.61. The number of carbonyl (C=O) groups excluding carboxylic acids is 2. The van der Waals surface area contributed by atoms with Gasteiger partial charge in [-0.05, 0) is 19.8 Å². The molecule has 0 bridgehead atoms. The van der Waals surface area contributed by atoms with Gasteiger partial charge in [0, 0.05) is 25.4 Å². The van der Waals surface area contributed by atoms with Gasteiger partial charge in [-0.25, -0.2) is 9.59 Å². The molecule has 0 rings (SSSR count). The number of rotatable bonds is 7. The number of ether oxygens (including phenoxy) is 3. The number of methoxy groups -OCH3 is 2. The van der Waals surface area contributed by atoms with Crippen LogP contribution in [-0.2, 0) is 23.8 Å². The van der Waals surface area contributed by atoms with Gasteiger partial charge in [-0.1, -0.05) is 0 Å². The van der Waals surface area contributed by atoms with E-state index in [0.717, 1.165) is 18.9 Å². The number of carbonyl (C=O) groups is 2. The van der Waals surface area contributed by atoms with E-state index >= 15 is 0 Å². The molecule has 0 fully saturated rings. The molecule has 0 saturated heterocycles. The highest BCUT2D eigenvalue weighted by molar-refractivity contribution is 5.95. The molecular weight excluding hydrogens is 212 g/mol. The van der Waals surface area contributed by atoms with Gasteiger partial charge in [0.25, 0.3) is 0 Å². The van der Waals surface area contributed by atoms with Gasteiger partial charge in [-0.2, -0.15) is 0 Å². The smallest absolute Gasteiger partial charge is 0.333 e. The number of unbranched alkanes of at least 4 members (excludes halogenated alkanes) is 1. The molecule has 0 atom stereocenters. The van der Waals surface area contributed by atoms with E-state index < -0.39 is 11.9 Å². The van der Waals surface area contributed by atoms with Crippen LogP contribution in [0.4, 0.5) is 0 Å². The van der Waals surface area contributed by atoms with Crippen molar-refractivity contribution in [3.05, 3.63) is 11.6 Å². The van der Waals surface area contributed by atoms with Crippen molar-refractivity contribution in [3.63, 3.8) is 0 Å². The normalized spacial score (nSPS) is 11.1. The third-order valence-electron chi connectivity index (χ3n) is 1.83. The molecule has 0 amide bonds. The molecule has 0 N–H and O–H groups in total. The number of hydrogen-bond donors (Lipinski definition) is 0. The summed E-state index contributed by atoms with van der Waals surface area (Å²) < 4.78 is 14.2. The molecule has 0 aliphatic carbocycles. The number of hydrogen-bond acceptors (Lipinski definition) is 5. The highest BCUT2D eigenvalue weighted by atomic mass is 16.5. The fourth-order valence-electron chi connectivity index (χ4n) is 0.960.